The van der Waals surface area contributed by atoms with Gasteiger partial charge in [-0.3, -0.25) is 0 Å². The van der Waals surface area contributed by atoms with Crippen LogP contribution in [0, 0.1) is 0 Å². The van der Waals surface area contributed by atoms with E-state index in [9.17, 15) is 4.79 Å². The van der Waals surface area contributed by atoms with Gasteiger partial charge in [-0.1, -0.05) is 30.3 Å². The smallest absolute Gasteiger partial charge is 0.322 e. The summed E-state index contributed by atoms with van der Waals surface area (Å²) in [5, 5.41) is 3.00. The number of benzene rings is 3. The minimum absolute atomic E-state index is 0.177. The van der Waals surface area contributed by atoms with Gasteiger partial charge in [-0.05, 0) is 67.3 Å². The van der Waals surface area contributed by atoms with E-state index in [0.29, 0.717) is 30.5 Å². The number of carbonyl (C=O) groups is 1. The second kappa shape index (κ2) is 9.70. The van der Waals surface area contributed by atoms with Crippen LogP contribution in [-0.4, -0.2) is 43.2 Å². The molecule has 2 amide bonds. The molecule has 4 aromatic rings. The first-order chi connectivity index (χ1) is 17.0. The number of nitrogens with zero attached hydrogens (tertiary/aromatic N) is 3. The average Bonchev–Trinajstić information content (AvgIpc) is 3.52. The van der Waals surface area contributed by atoms with Gasteiger partial charge in [-0.25, -0.2) is 9.78 Å². The van der Waals surface area contributed by atoms with Crippen molar-refractivity contribution in [3.05, 3.63) is 72.6 Å². The molecule has 0 spiro atoms. The quantitative estimate of drug-likeness (QED) is 0.357. The van der Waals surface area contributed by atoms with E-state index in [1.165, 1.54) is 0 Å². The van der Waals surface area contributed by atoms with Crippen LogP contribution in [0.15, 0.2) is 71.1 Å². The maximum atomic E-state index is 13.2. The lowest BCUT2D eigenvalue weighted by Gasteiger charge is -2.23. The van der Waals surface area contributed by atoms with Gasteiger partial charge in [-0.15, -0.1) is 0 Å². The molecule has 1 atom stereocenters. The van der Waals surface area contributed by atoms with E-state index in [1.54, 1.807) is 4.90 Å². The molecule has 0 aliphatic carbocycles. The second-order valence-electron chi connectivity index (χ2n) is 8.89. The van der Waals surface area contributed by atoms with Gasteiger partial charge in [-0.2, -0.15) is 0 Å². The van der Waals surface area contributed by atoms with Gasteiger partial charge in [0.05, 0.1) is 12.3 Å². The van der Waals surface area contributed by atoms with Crippen LogP contribution in [0.1, 0.15) is 31.7 Å². The van der Waals surface area contributed by atoms with Crippen molar-refractivity contribution in [3.63, 3.8) is 0 Å². The molecule has 2 heterocycles. The highest BCUT2D eigenvalue weighted by Gasteiger charge is 2.34. The van der Waals surface area contributed by atoms with Crippen LogP contribution >= 0.6 is 0 Å². The summed E-state index contributed by atoms with van der Waals surface area (Å²) in [7, 11) is 4.06. The molecule has 1 saturated heterocycles. The fourth-order valence-electron chi connectivity index (χ4n) is 4.52. The van der Waals surface area contributed by atoms with Crippen LogP contribution in [0.3, 0.4) is 0 Å². The van der Waals surface area contributed by atoms with Crippen LogP contribution in [0.5, 0.6) is 5.75 Å². The minimum Gasteiger partial charge on any atom is -0.492 e. The number of ether oxygens (including phenoxy) is 1. The summed E-state index contributed by atoms with van der Waals surface area (Å²) in [6, 6.07) is 21.6. The largest absolute Gasteiger partial charge is 0.492 e. The van der Waals surface area contributed by atoms with Crippen molar-refractivity contribution in [2.45, 2.75) is 25.8 Å². The molecular formula is C28H30N4O3. The summed E-state index contributed by atoms with van der Waals surface area (Å²) in [6.45, 7) is 3.10. The average molecular weight is 471 g/mol. The number of amides is 2. The van der Waals surface area contributed by atoms with Gasteiger partial charge in [0.15, 0.2) is 5.58 Å². The molecule has 0 saturated carbocycles. The molecule has 180 valence electrons. The van der Waals surface area contributed by atoms with Crippen molar-refractivity contribution in [2.75, 3.05) is 37.5 Å². The molecule has 35 heavy (non-hydrogen) atoms. The molecule has 3 aromatic carbocycles. The van der Waals surface area contributed by atoms with Gasteiger partial charge >= 0.3 is 6.03 Å². The van der Waals surface area contributed by atoms with Crippen molar-refractivity contribution >= 4 is 28.5 Å². The Morgan fingerprint density at radius 2 is 1.89 bits per heavy atom. The highest BCUT2D eigenvalue weighted by atomic mass is 16.5. The number of nitrogens with one attached hydrogen (secondary N) is 1. The standard InChI is InChI=1S/C28H30N4O3/c1-4-34-25-10-6-5-8-22(25)30-28(33)32-17-7-9-24(32)27-29-23-18-20(13-16-26(23)35-27)19-11-14-21(15-12-19)31(2)3/h5-6,8,10-16,18,24H,4,7,9,17H2,1-3H3,(H,30,33). The van der Waals surface area contributed by atoms with E-state index >= 15 is 0 Å². The maximum absolute atomic E-state index is 13.2. The number of oxazole rings is 1. The lowest BCUT2D eigenvalue weighted by atomic mass is 10.0. The van der Waals surface area contributed by atoms with E-state index in [-0.39, 0.29) is 12.1 Å². The van der Waals surface area contributed by atoms with Crippen LogP contribution in [0.4, 0.5) is 16.2 Å². The van der Waals surface area contributed by atoms with Crippen LogP contribution < -0.4 is 15.0 Å². The third-order valence-electron chi connectivity index (χ3n) is 6.35. The number of fused-ring (bicyclic) bond motifs is 1. The molecular weight excluding hydrogens is 440 g/mol. The van der Waals surface area contributed by atoms with Crippen molar-refractivity contribution < 1.29 is 13.9 Å². The number of para-hydroxylation sites is 2. The van der Waals surface area contributed by atoms with Gasteiger partial charge in [0.25, 0.3) is 0 Å². The zero-order chi connectivity index (χ0) is 24.4. The Morgan fingerprint density at radius 1 is 1.11 bits per heavy atom. The summed E-state index contributed by atoms with van der Waals surface area (Å²) < 4.78 is 11.8. The minimum atomic E-state index is -0.204. The summed E-state index contributed by atoms with van der Waals surface area (Å²) >= 11 is 0. The Labute approximate surface area is 205 Å². The van der Waals surface area contributed by atoms with Crippen molar-refractivity contribution in [1.29, 1.82) is 0 Å². The Hall–Kier alpha value is -4.00. The number of rotatable bonds is 6. The SMILES string of the molecule is CCOc1ccccc1NC(=O)N1CCCC1c1nc2cc(-c3ccc(N(C)C)cc3)ccc2o1. The molecule has 7 nitrogen and oxygen atoms in total. The summed E-state index contributed by atoms with van der Waals surface area (Å²) in [5.41, 5.74) is 5.54. The molecule has 0 radical (unpaired) electrons. The zero-order valence-electron chi connectivity index (χ0n) is 20.3. The van der Waals surface area contributed by atoms with E-state index in [1.807, 2.05) is 63.5 Å². The predicted molar refractivity (Wildman–Crippen MR) is 139 cm³/mol. The Morgan fingerprint density at radius 3 is 2.66 bits per heavy atom. The van der Waals surface area contributed by atoms with Crippen molar-refractivity contribution in [3.8, 4) is 16.9 Å². The summed E-state index contributed by atoms with van der Waals surface area (Å²) in [4.78, 5) is 21.8. The van der Waals surface area contributed by atoms with E-state index < -0.39 is 0 Å². The predicted octanol–water partition coefficient (Wildman–Crippen LogP) is 6.33. The number of hydrogen-bond donors (Lipinski definition) is 1. The number of hydrogen-bond acceptors (Lipinski definition) is 5. The lowest BCUT2D eigenvalue weighted by molar-refractivity contribution is 0.198. The molecule has 0 bridgehead atoms. The van der Waals surface area contributed by atoms with Gasteiger partial charge in [0, 0.05) is 26.3 Å². The number of likely N-dealkylation sites (tertiary alicyclic amines) is 1. The maximum Gasteiger partial charge on any atom is 0.322 e. The van der Waals surface area contributed by atoms with E-state index in [2.05, 4.69) is 34.5 Å². The molecule has 1 N–H and O–H groups in total. The second-order valence-corrected chi connectivity index (χ2v) is 8.89. The third-order valence-corrected chi connectivity index (χ3v) is 6.35. The molecule has 1 aliphatic heterocycles. The van der Waals surface area contributed by atoms with Crippen LogP contribution in [0.2, 0.25) is 0 Å². The van der Waals surface area contributed by atoms with Crippen LogP contribution in [0.25, 0.3) is 22.2 Å². The summed E-state index contributed by atoms with van der Waals surface area (Å²) in [6.07, 6.45) is 1.71. The highest BCUT2D eigenvalue weighted by molar-refractivity contribution is 5.91. The summed E-state index contributed by atoms with van der Waals surface area (Å²) in [5.74, 6) is 1.23. The van der Waals surface area contributed by atoms with Crippen molar-refractivity contribution in [2.24, 2.45) is 0 Å². The fraction of sp³-hybridized carbons (Fsp3) is 0.286. The zero-order valence-corrected chi connectivity index (χ0v) is 20.3. The number of urea groups is 1. The first-order valence-corrected chi connectivity index (χ1v) is 12.0. The molecule has 1 aromatic heterocycles. The fourth-order valence-corrected chi connectivity index (χ4v) is 4.52. The Kier molecular flexibility index (Phi) is 6.31. The van der Waals surface area contributed by atoms with Gasteiger partial charge < -0.3 is 24.3 Å². The third kappa shape index (κ3) is 4.67. The molecule has 5 rings (SSSR count). The lowest BCUT2D eigenvalue weighted by Crippen LogP contribution is -2.34. The monoisotopic (exact) mass is 470 g/mol. The van der Waals surface area contributed by atoms with Crippen molar-refractivity contribution in [1.82, 2.24) is 9.88 Å². The Bertz CT molecular complexity index is 1330. The normalized spacial score (nSPS) is 15.4. The molecule has 7 heteroatoms. The van der Waals surface area contributed by atoms with Gasteiger partial charge in [0.2, 0.25) is 5.89 Å². The molecule has 1 unspecified atom stereocenters. The first kappa shape index (κ1) is 22.8. The molecule has 1 fully saturated rings. The van der Waals surface area contributed by atoms with E-state index in [0.717, 1.165) is 40.8 Å². The Balaban J connectivity index is 1.37. The number of carbonyl (C=O) groups excluding carboxylic acids is 1. The van der Waals surface area contributed by atoms with E-state index in [4.69, 9.17) is 14.1 Å². The number of anilines is 2. The first-order valence-electron chi connectivity index (χ1n) is 12.0. The van der Waals surface area contributed by atoms with Gasteiger partial charge in [0.1, 0.15) is 17.3 Å². The number of aromatic nitrogens is 1. The topological polar surface area (TPSA) is 70.8 Å². The highest BCUT2D eigenvalue weighted by Crippen LogP contribution is 2.35. The molecule has 1 aliphatic rings. The van der Waals surface area contributed by atoms with Crippen LogP contribution in [-0.2, 0) is 0 Å².